The number of likely N-dealkylation sites (tertiary alicyclic amines) is 1. The SMILES string of the molecule is Cc1ccc(NC(=O)C2(c3ccc4c(c3)OC(F)(F)O4)CC2)nc1-c1cccc(C(=O)NCCn2cc(CCN3CCC(C(=O)Nc4nc5cnc(NS(=O)(=O)c6cccs6)cc5s4)CC3)cn2)c1. The lowest BCUT2D eigenvalue weighted by Gasteiger charge is -2.30. The van der Waals surface area contributed by atoms with Crippen molar-refractivity contribution in [2.24, 2.45) is 5.92 Å². The Labute approximate surface area is 402 Å². The summed E-state index contributed by atoms with van der Waals surface area (Å²) in [7, 11) is -3.74. The molecule has 0 bridgehead atoms. The summed E-state index contributed by atoms with van der Waals surface area (Å²) in [5, 5.41) is 15.4. The smallest absolute Gasteiger partial charge is 0.395 e. The minimum absolute atomic E-state index is 0.0841. The number of piperidine rings is 1. The number of aryl methyl sites for hydroxylation is 1. The number of nitrogens with zero attached hydrogens (tertiary/aromatic N) is 6. The second-order valence-electron chi connectivity index (χ2n) is 17.1. The van der Waals surface area contributed by atoms with Gasteiger partial charge in [0.05, 0.1) is 34.7 Å². The highest BCUT2D eigenvalue weighted by atomic mass is 32.2. The van der Waals surface area contributed by atoms with Gasteiger partial charge in [0, 0.05) is 42.4 Å². The van der Waals surface area contributed by atoms with Crippen LogP contribution in [-0.4, -0.2) is 88.2 Å². The third-order valence-corrected chi connectivity index (χ3v) is 16.1. The minimum atomic E-state index is -3.75. The molecule has 22 heteroatoms. The van der Waals surface area contributed by atoms with Gasteiger partial charge in [0.1, 0.15) is 21.4 Å². The maximum Gasteiger partial charge on any atom is 0.586 e. The molecule has 1 aliphatic carbocycles. The van der Waals surface area contributed by atoms with Crippen LogP contribution in [0.5, 0.6) is 11.5 Å². The predicted molar refractivity (Wildman–Crippen MR) is 255 cm³/mol. The Balaban J connectivity index is 0.663. The number of fused-ring (bicyclic) bond motifs is 2. The Morgan fingerprint density at radius 2 is 1.72 bits per heavy atom. The number of alkyl halides is 2. The third-order valence-electron chi connectivity index (χ3n) is 12.4. The zero-order valence-corrected chi connectivity index (χ0v) is 39.4. The number of nitrogens with one attached hydrogen (secondary N) is 4. The van der Waals surface area contributed by atoms with E-state index in [2.05, 4.69) is 50.1 Å². The second kappa shape index (κ2) is 18.6. The number of ether oxygens (including phenoxy) is 2. The van der Waals surface area contributed by atoms with Crippen molar-refractivity contribution >= 4 is 77.4 Å². The molecule has 1 saturated carbocycles. The fourth-order valence-corrected chi connectivity index (χ4v) is 11.3. The summed E-state index contributed by atoms with van der Waals surface area (Å²) in [5.74, 6) is -0.528. The number of hydrogen-bond donors (Lipinski definition) is 4. The number of carbonyl (C=O) groups is 3. The molecule has 1 saturated heterocycles. The molecule has 0 radical (unpaired) electrons. The molecule has 0 spiro atoms. The van der Waals surface area contributed by atoms with Crippen LogP contribution < -0.4 is 30.1 Å². The number of rotatable bonds is 16. The zero-order valence-electron chi connectivity index (χ0n) is 36.9. The monoisotopic (exact) mass is 994 g/mol. The van der Waals surface area contributed by atoms with Gasteiger partial charge >= 0.3 is 6.29 Å². The van der Waals surface area contributed by atoms with E-state index >= 15 is 0 Å². The van der Waals surface area contributed by atoms with Gasteiger partial charge < -0.3 is 30.3 Å². The number of pyridine rings is 2. The van der Waals surface area contributed by atoms with E-state index in [0.29, 0.717) is 82.3 Å². The Hall–Kier alpha value is -6.88. The Bertz CT molecular complexity index is 3210. The number of sulfonamides is 1. The molecular weight excluding hydrogens is 951 g/mol. The summed E-state index contributed by atoms with van der Waals surface area (Å²) in [6, 6.07) is 19.8. The molecule has 5 aromatic heterocycles. The summed E-state index contributed by atoms with van der Waals surface area (Å²) >= 11 is 2.38. The number of halogens is 2. The first-order chi connectivity index (χ1) is 33.2. The summed E-state index contributed by atoms with van der Waals surface area (Å²) < 4.78 is 66.8. The maximum absolute atomic E-state index is 13.6. The third kappa shape index (κ3) is 10.1. The lowest BCUT2D eigenvalue weighted by atomic mass is 9.94. The van der Waals surface area contributed by atoms with Crippen LogP contribution in [0.2, 0.25) is 0 Å². The van der Waals surface area contributed by atoms with Crippen LogP contribution in [0.1, 0.15) is 52.7 Å². The first-order valence-electron chi connectivity index (χ1n) is 22.1. The van der Waals surface area contributed by atoms with Gasteiger partial charge in [-0.2, -0.15) is 5.10 Å². The van der Waals surface area contributed by atoms with E-state index in [-0.39, 0.29) is 45.2 Å². The van der Waals surface area contributed by atoms with Crippen LogP contribution in [0, 0.1) is 12.8 Å². The molecule has 3 amide bonds. The molecule has 356 valence electrons. The van der Waals surface area contributed by atoms with Crippen LogP contribution in [0.15, 0.2) is 101 Å². The highest BCUT2D eigenvalue weighted by Gasteiger charge is 2.53. The Morgan fingerprint density at radius 1 is 0.899 bits per heavy atom. The number of hydrogen-bond acceptors (Lipinski definition) is 14. The Morgan fingerprint density at radius 3 is 2.52 bits per heavy atom. The molecule has 2 aromatic carbocycles. The minimum Gasteiger partial charge on any atom is -0.395 e. The van der Waals surface area contributed by atoms with Gasteiger partial charge in [-0.3, -0.25) is 23.8 Å². The summed E-state index contributed by atoms with van der Waals surface area (Å²) in [6.45, 7) is 5.06. The van der Waals surface area contributed by atoms with Gasteiger partial charge in [-0.05, 0) is 111 Å². The number of amides is 3. The van der Waals surface area contributed by atoms with Crippen LogP contribution in [0.3, 0.4) is 0 Å². The average molecular weight is 995 g/mol. The number of thiazole rings is 1. The largest absolute Gasteiger partial charge is 0.586 e. The highest BCUT2D eigenvalue weighted by molar-refractivity contribution is 7.94. The standard InChI is InChI=1S/C47H44F2N10O7S3/c1-28-7-10-38(55-44(62)46(14-15-46)33-8-9-35-36(23-33)66-47(48,49)65-35)54-41(28)31-4-2-5-32(22-31)42(60)50-16-20-59-27-29(25-52-59)11-17-58-18-12-30(13-19-58)43(61)56-45-53-34-26-51-39(24-37(34)68-45)57-69(63,64)40-6-3-21-67-40/h2-10,21-27,30H,11-20H2,1H3,(H,50,60)(H,51,57)(H,53,56,61)(H,54,55,62). The summed E-state index contributed by atoms with van der Waals surface area (Å²) in [4.78, 5) is 55.8. The Kier molecular flexibility index (Phi) is 12.3. The first-order valence-corrected chi connectivity index (χ1v) is 25.3. The molecule has 17 nitrogen and oxygen atoms in total. The lowest BCUT2D eigenvalue weighted by molar-refractivity contribution is -0.286. The van der Waals surface area contributed by atoms with E-state index < -0.39 is 21.7 Å². The van der Waals surface area contributed by atoms with Crippen molar-refractivity contribution in [3.8, 4) is 22.8 Å². The maximum atomic E-state index is 13.6. The van der Waals surface area contributed by atoms with Crippen molar-refractivity contribution in [1.29, 1.82) is 0 Å². The number of carbonyl (C=O) groups excluding carboxylic acids is 3. The van der Waals surface area contributed by atoms with Gasteiger partial charge in [-0.15, -0.1) is 20.1 Å². The van der Waals surface area contributed by atoms with Crippen molar-refractivity contribution < 1.29 is 41.1 Å². The van der Waals surface area contributed by atoms with Crippen molar-refractivity contribution in [2.45, 2.75) is 61.5 Å². The fraction of sp³-hybridized carbons (Fsp3) is 0.298. The van der Waals surface area contributed by atoms with Crippen LogP contribution in [0.25, 0.3) is 21.5 Å². The molecule has 2 fully saturated rings. The van der Waals surface area contributed by atoms with Gasteiger partial charge in [0.2, 0.25) is 11.8 Å². The molecular formula is C47H44F2N10O7S3. The number of thiophene rings is 1. The van der Waals surface area contributed by atoms with Gasteiger partial charge in [0.25, 0.3) is 15.9 Å². The summed E-state index contributed by atoms with van der Waals surface area (Å²) in [5.41, 5.74) is 3.83. The molecule has 7 aromatic rings. The second-order valence-corrected chi connectivity index (χ2v) is 21.0. The van der Waals surface area contributed by atoms with Gasteiger partial charge in [-0.1, -0.05) is 41.7 Å². The molecule has 10 rings (SSSR count). The molecule has 2 aliphatic heterocycles. The molecule has 3 aliphatic rings. The normalized spacial score (nSPS) is 16.3. The first kappa shape index (κ1) is 45.9. The average Bonchev–Trinajstić information content (AvgIpc) is 3.71. The molecule has 0 atom stereocenters. The number of aromatic nitrogens is 5. The lowest BCUT2D eigenvalue weighted by Crippen LogP contribution is -2.39. The van der Waals surface area contributed by atoms with E-state index in [1.807, 2.05) is 31.5 Å². The number of benzene rings is 2. The van der Waals surface area contributed by atoms with Crippen LogP contribution >= 0.6 is 22.7 Å². The summed E-state index contributed by atoms with van der Waals surface area (Å²) in [6.07, 6.45) is 4.79. The van der Waals surface area contributed by atoms with Gasteiger partial charge in [0.15, 0.2) is 16.6 Å². The quantitative estimate of drug-likeness (QED) is 0.0745. The van der Waals surface area contributed by atoms with Crippen molar-refractivity contribution in [2.75, 3.05) is 41.5 Å². The molecule has 0 unspecified atom stereocenters. The predicted octanol–water partition coefficient (Wildman–Crippen LogP) is 7.44. The number of anilines is 3. The van der Waals surface area contributed by atoms with Crippen molar-refractivity contribution in [3.05, 3.63) is 119 Å². The van der Waals surface area contributed by atoms with Gasteiger partial charge in [-0.25, -0.2) is 23.4 Å². The fourth-order valence-electron chi connectivity index (χ4n) is 8.46. The van der Waals surface area contributed by atoms with Crippen LogP contribution in [0.4, 0.5) is 25.5 Å². The molecule has 4 N–H and O–H groups in total. The van der Waals surface area contributed by atoms with Crippen LogP contribution in [-0.2, 0) is 38.0 Å². The van der Waals surface area contributed by atoms with E-state index in [4.69, 9.17) is 4.98 Å². The van der Waals surface area contributed by atoms with Crippen molar-refractivity contribution in [3.63, 3.8) is 0 Å². The molecule has 69 heavy (non-hydrogen) atoms. The van der Waals surface area contributed by atoms with Crippen molar-refractivity contribution in [1.82, 2.24) is 34.9 Å². The highest BCUT2D eigenvalue weighted by Crippen LogP contribution is 2.52. The van der Waals surface area contributed by atoms with E-state index in [1.165, 1.54) is 35.7 Å². The van der Waals surface area contributed by atoms with E-state index in [0.717, 1.165) is 48.5 Å². The zero-order chi connectivity index (χ0) is 47.9. The van der Waals surface area contributed by atoms with E-state index in [1.54, 1.807) is 52.5 Å². The topological polar surface area (TPSA) is 212 Å². The van der Waals surface area contributed by atoms with E-state index in [9.17, 15) is 31.6 Å². The molecule has 7 heterocycles.